The molecule has 0 aromatic rings. The van der Waals surface area contributed by atoms with Crippen molar-refractivity contribution in [2.75, 3.05) is 13.1 Å². The van der Waals surface area contributed by atoms with Crippen LogP contribution in [0, 0.1) is 0 Å². The van der Waals surface area contributed by atoms with Crippen LogP contribution in [0.15, 0.2) is 0 Å². The molecule has 6 heteroatoms. The van der Waals surface area contributed by atoms with Crippen LogP contribution in [0.25, 0.3) is 0 Å². The lowest BCUT2D eigenvalue weighted by molar-refractivity contribution is -0.151. The summed E-state index contributed by atoms with van der Waals surface area (Å²) >= 11 is 0. The monoisotopic (exact) mass is 199 g/mol. The van der Waals surface area contributed by atoms with Crippen LogP contribution in [0.2, 0.25) is 0 Å². The van der Waals surface area contributed by atoms with E-state index in [9.17, 15) is 9.59 Å². The van der Waals surface area contributed by atoms with Crippen LogP contribution in [0.1, 0.15) is 12.8 Å². The quantitative estimate of drug-likeness (QED) is 0.212. The molecule has 2 amide bonds. The molecule has 2 saturated heterocycles. The molecule has 0 aliphatic carbocycles. The number of carbonyl (C=O) groups is 2. The number of hydrazine groups is 1. The predicted octanol–water partition coefficient (Wildman–Crippen LogP) is -1.63. The van der Waals surface area contributed by atoms with Gasteiger partial charge in [0.15, 0.2) is 0 Å². The van der Waals surface area contributed by atoms with E-state index in [2.05, 4.69) is 0 Å². The number of likely N-dealkylation sites (tertiary alicyclic amines) is 1. The van der Waals surface area contributed by atoms with Gasteiger partial charge in [-0.25, -0.2) is 5.84 Å². The molecule has 78 valence electrons. The SMILES string of the molecule is NNC(=O)C(=O)N1CC2CCC(C1)O2. The molecule has 2 aliphatic heterocycles. The number of morpholine rings is 1. The van der Waals surface area contributed by atoms with Crippen molar-refractivity contribution < 1.29 is 14.3 Å². The number of amides is 2. The Kier molecular flexibility index (Phi) is 2.39. The maximum absolute atomic E-state index is 11.4. The average molecular weight is 199 g/mol. The first-order valence-corrected chi connectivity index (χ1v) is 4.66. The Balaban J connectivity index is 1.99. The lowest BCUT2D eigenvalue weighted by Crippen LogP contribution is -2.52. The van der Waals surface area contributed by atoms with Gasteiger partial charge in [0.05, 0.1) is 12.2 Å². The van der Waals surface area contributed by atoms with Gasteiger partial charge in [0.1, 0.15) is 0 Å². The first-order valence-electron chi connectivity index (χ1n) is 4.66. The largest absolute Gasteiger partial charge is 0.371 e. The highest BCUT2D eigenvalue weighted by molar-refractivity contribution is 6.34. The molecule has 6 nitrogen and oxygen atoms in total. The van der Waals surface area contributed by atoms with E-state index in [0.29, 0.717) is 13.1 Å². The molecule has 2 heterocycles. The lowest BCUT2D eigenvalue weighted by atomic mass is 10.2. The van der Waals surface area contributed by atoms with Crippen molar-refractivity contribution >= 4 is 11.8 Å². The van der Waals surface area contributed by atoms with Crippen molar-refractivity contribution in [3.63, 3.8) is 0 Å². The van der Waals surface area contributed by atoms with Gasteiger partial charge in [-0.1, -0.05) is 0 Å². The van der Waals surface area contributed by atoms with Crippen molar-refractivity contribution in [2.24, 2.45) is 5.84 Å². The molecule has 2 atom stereocenters. The molecule has 2 aliphatic rings. The molecule has 0 spiro atoms. The number of nitrogens with one attached hydrogen (secondary N) is 1. The van der Waals surface area contributed by atoms with Gasteiger partial charge in [0.2, 0.25) is 0 Å². The summed E-state index contributed by atoms with van der Waals surface area (Å²) in [5.74, 6) is 3.57. The van der Waals surface area contributed by atoms with E-state index in [1.807, 2.05) is 5.43 Å². The summed E-state index contributed by atoms with van der Waals surface area (Å²) in [5.41, 5.74) is 1.84. The third-order valence-electron chi connectivity index (χ3n) is 2.66. The zero-order valence-corrected chi connectivity index (χ0v) is 7.73. The number of ether oxygens (including phenoxy) is 1. The fourth-order valence-corrected chi connectivity index (χ4v) is 1.99. The number of hydrogen-bond donors (Lipinski definition) is 2. The summed E-state index contributed by atoms with van der Waals surface area (Å²) in [6, 6.07) is 0. The van der Waals surface area contributed by atoms with Crippen LogP contribution in [-0.4, -0.2) is 42.0 Å². The van der Waals surface area contributed by atoms with Gasteiger partial charge in [-0.05, 0) is 12.8 Å². The first kappa shape index (κ1) is 9.42. The Morgan fingerprint density at radius 1 is 1.29 bits per heavy atom. The molecule has 2 rings (SSSR count). The Labute approximate surface area is 81.3 Å². The second kappa shape index (κ2) is 3.55. The molecule has 2 unspecified atom stereocenters. The van der Waals surface area contributed by atoms with Gasteiger partial charge in [0, 0.05) is 13.1 Å². The van der Waals surface area contributed by atoms with E-state index in [-0.39, 0.29) is 12.2 Å². The van der Waals surface area contributed by atoms with Crippen molar-refractivity contribution in [1.82, 2.24) is 10.3 Å². The third kappa shape index (κ3) is 1.58. The highest BCUT2D eigenvalue weighted by Gasteiger charge is 2.37. The number of carbonyl (C=O) groups excluding carboxylic acids is 2. The molecule has 0 saturated carbocycles. The molecular weight excluding hydrogens is 186 g/mol. The summed E-state index contributed by atoms with van der Waals surface area (Å²) in [6.45, 7) is 1.01. The minimum absolute atomic E-state index is 0.100. The van der Waals surface area contributed by atoms with E-state index < -0.39 is 11.8 Å². The van der Waals surface area contributed by atoms with Crippen molar-refractivity contribution in [3.05, 3.63) is 0 Å². The number of nitrogens with two attached hydrogens (primary N) is 1. The maximum atomic E-state index is 11.4. The van der Waals surface area contributed by atoms with Crippen LogP contribution in [0.3, 0.4) is 0 Å². The summed E-state index contributed by atoms with van der Waals surface area (Å²) in [6.07, 6.45) is 2.14. The van der Waals surface area contributed by atoms with Crippen LogP contribution >= 0.6 is 0 Å². The fourth-order valence-electron chi connectivity index (χ4n) is 1.99. The molecule has 0 aromatic heterocycles. The maximum Gasteiger partial charge on any atom is 0.323 e. The van der Waals surface area contributed by atoms with Gasteiger partial charge in [0.25, 0.3) is 0 Å². The summed E-state index contributed by atoms with van der Waals surface area (Å²) < 4.78 is 5.53. The van der Waals surface area contributed by atoms with E-state index in [0.717, 1.165) is 12.8 Å². The van der Waals surface area contributed by atoms with Gasteiger partial charge in [-0.3, -0.25) is 15.0 Å². The Bertz CT molecular complexity index is 257. The average Bonchev–Trinajstić information content (AvgIpc) is 2.55. The number of fused-ring (bicyclic) bond motifs is 2. The minimum Gasteiger partial charge on any atom is -0.371 e. The van der Waals surface area contributed by atoms with E-state index in [1.54, 1.807) is 0 Å². The van der Waals surface area contributed by atoms with Crippen molar-refractivity contribution in [2.45, 2.75) is 25.0 Å². The Morgan fingerprint density at radius 3 is 2.36 bits per heavy atom. The van der Waals surface area contributed by atoms with Crippen molar-refractivity contribution in [3.8, 4) is 0 Å². The Morgan fingerprint density at radius 2 is 1.86 bits per heavy atom. The molecule has 3 N–H and O–H groups in total. The van der Waals surface area contributed by atoms with Crippen LogP contribution < -0.4 is 11.3 Å². The fraction of sp³-hybridized carbons (Fsp3) is 0.750. The minimum atomic E-state index is -0.758. The topological polar surface area (TPSA) is 84.7 Å². The smallest absolute Gasteiger partial charge is 0.323 e. The van der Waals surface area contributed by atoms with Gasteiger partial charge in [-0.15, -0.1) is 0 Å². The van der Waals surface area contributed by atoms with Crippen LogP contribution in [-0.2, 0) is 14.3 Å². The number of rotatable bonds is 0. The normalized spacial score (nSPS) is 30.2. The second-order valence-electron chi connectivity index (χ2n) is 3.64. The summed E-state index contributed by atoms with van der Waals surface area (Å²) in [4.78, 5) is 23.9. The van der Waals surface area contributed by atoms with Crippen molar-refractivity contribution in [1.29, 1.82) is 0 Å². The van der Waals surface area contributed by atoms with E-state index in [4.69, 9.17) is 10.6 Å². The standard InChI is InChI=1S/C8H13N3O3/c9-10-7(12)8(13)11-3-5-1-2-6(4-11)14-5/h5-6H,1-4,9H2,(H,10,12). The molecular formula is C8H13N3O3. The van der Waals surface area contributed by atoms with Crippen LogP contribution in [0.4, 0.5) is 0 Å². The zero-order valence-electron chi connectivity index (χ0n) is 7.73. The number of nitrogens with zero attached hydrogens (tertiary/aromatic N) is 1. The first-order chi connectivity index (χ1) is 6.70. The molecule has 2 fully saturated rings. The van der Waals surface area contributed by atoms with Crippen LogP contribution in [0.5, 0.6) is 0 Å². The summed E-state index contributed by atoms with van der Waals surface area (Å²) in [7, 11) is 0. The van der Waals surface area contributed by atoms with Gasteiger partial charge in [-0.2, -0.15) is 0 Å². The van der Waals surface area contributed by atoms with E-state index >= 15 is 0 Å². The Hall–Kier alpha value is -1.14. The highest BCUT2D eigenvalue weighted by atomic mass is 16.5. The van der Waals surface area contributed by atoms with Gasteiger partial charge >= 0.3 is 11.8 Å². The van der Waals surface area contributed by atoms with E-state index in [1.165, 1.54) is 4.90 Å². The molecule has 0 aromatic carbocycles. The van der Waals surface area contributed by atoms with Gasteiger partial charge < -0.3 is 9.64 Å². The molecule has 2 bridgehead atoms. The lowest BCUT2D eigenvalue weighted by Gasteiger charge is -2.31. The summed E-state index contributed by atoms with van der Waals surface area (Å²) in [5, 5.41) is 0. The highest BCUT2D eigenvalue weighted by Crippen LogP contribution is 2.26. The second-order valence-corrected chi connectivity index (χ2v) is 3.64. The predicted molar refractivity (Wildman–Crippen MR) is 46.8 cm³/mol. The third-order valence-corrected chi connectivity index (χ3v) is 2.66. The molecule has 0 radical (unpaired) electrons. The number of hydrogen-bond acceptors (Lipinski definition) is 4. The zero-order chi connectivity index (χ0) is 10.1. The molecule has 14 heavy (non-hydrogen) atoms.